The van der Waals surface area contributed by atoms with Gasteiger partial charge in [-0.05, 0) is 17.7 Å². The smallest absolute Gasteiger partial charge is 0.165 e. The maximum Gasteiger partial charge on any atom is 0.165 e. The summed E-state index contributed by atoms with van der Waals surface area (Å²) in [7, 11) is 1.50. The highest BCUT2D eigenvalue weighted by molar-refractivity contribution is 7.71. The predicted molar refractivity (Wildman–Crippen MR) is 110 cm³/mol. The van der Waals surface area contributed by atoms with Gasteiger partial charge in [0.2, 0.25) is 0 Å². The highest BCUT2D eigenvalue weighted by Gasteiger charge is 2.45. The van der Waals surface area contributed by atoms with Crippen molar-refractivity contribution >= 4 is 18.0 Å². The molecule has 0 aliphatic carbocycles. The molecule has 0 radical (unpaired) electrons. The Morgan fingerprint density at radius 1 is 1.10 bits per heavy atom. The fourth-order valence-corrected chi connectivity index (χ4v) is 3.87. The largest absolute Gasteiger partial charge is 0.497 e. The molecule has 2 aromatic rings. The number of nitrogens with zero attached hydrogens (tertiary/aromatic N) is 3. The number of nitriles is 2. The standard InChI is InChI=1S/C20H20N4O6S/c1-29-10-4-2-9(3-5-10)14-11(6-21)18(23)24(20(31)12(14)7-22)19-17(28)16(27)15(26)13(8-25)30-19/h2-5,13,15-17,19,25-28H,8,23H2,1H3. The lowest BCUT2D eigenvalue weighted by Gasteiger charge is -2.41. The van der Waals surface area contributed by atoms with Gasteiger partial charge in [-0.1, -0.05) is 24.4 Å². The summed E-state index contributed by atoms with van der Waals surface area (Å²) in [6.45, 7) is -0.658. The first-order valence-corrected chi connectivity index (χ1v) is 9.54. The number of nitrogen functional groups attached to an aromatic ring is 1. The van der Waals surface area contributed by atoms with E-state index in [0.29, 0.717) is 11.3 Å². The van der Waals surface area contributed by atoms with Crippen LogP contribution < -0.4 is 10.5 Å². The number of pyridine rings is 1. The Bertz CT molecular complexity index is 1120. The molecule has 3 rings (SSSR count). The van der Waals surface area contributed by atoms with Gasteiger partial charge in [-0.3, -0.25) is 4.57 Å². The molecule has 1 saturated heterocycles. The Morgan fingerprint density at radius 3 is 2.23 bits per heavy atom. The van der Waals surface area contributed by atoms with Crippen LogP contribution in [-0.2, 0) is 4.74 Å². The van der Waals surface area contributed by atoms with Gasteiger partial charge < -0.3 is 35.6 Å². The van der Waals surface area contributed by atoms with E-state index >= 15 is 0 Å². The first-order chi connectivity index (χ1) is 14.8. The van der Waals surface area contributed by atoms with Gasteiger partial charge in [0.05, 0.1) is 19.3 Å². The highest BCUT2D eigenvalue weighted by atomic mass is 32.1. The van der Waals surface area contributed by atoms with Gasteiger partial charge in [0.15, 0.2) is 6.23 Å². The maximum atomic E-state index is 10.5. The molecule has 1 aromatic carbocycles. The molecule has 10 nitrogen and oxygen atoms in total. The van der Waals surface area contributed by atoms with Crippen LogP contribution >= 0.6 is 12.2 Å². The molecule has 0 spiro atoms. The zero-order chi connectivity index (χ0) is 22.9. The molecule has 5 unspecified atom stereocenters. The number of anilines is 1. The Labute approximate surface area is 182 Å². The number of hydrogen-bond acceptors (Lipinski definition) is 10. The molecule has 1 fully saturated rings. The molecule has 0 amide bonds. The second kappa shape index (κ2) is 8.99. The van der Waals surface area contributed by atoms with Crippen molar-refractivity contribution in [3.8, 4) is 29.0 Å². The van der Waals surface area contributed by atoms with E-state index in [9.17, 15) is 30.9 Å². The van der Waals surface area contributed by atoms with Crippen LogP contribution in [0.3, 0.4) is 0 Å². The van der Waals surface area contributed by atoms with Crippen molar-refractivity contribution in [1.82, 2.24) is 4.57 Å². The third-order valence-electron chi connectivity index (χ3n) is 5.17. The van der Waals surface area contributed by atoms with Gasteiger partial charge >= 0.3 is 0 Å². The minimum Gasteiger partial charge on any atom is -0.497 e. The average molecular weight is 444 g/mol. The Hall–Kier alpha value is -3.03. The van der Waals surface area contributed by atoms with Crippen molar-refractivity contribution in [2.24, 2.45) is 0 Å². The SMILES string of the molecule is COc1ccc(-c2c(C#N)c(N)n(C3OC(CO)C(O)C(O)C3O)c(=S)c2C#N)cc1. The molecular formula is C20H20N4O6S. The van der Waals surface area contributed by atoms with E-state index < -0.39 is 37.3 Å². The molecule has 0 saturated carbocycles. The first kappa shape index (κ1) is 22.7. The van der Waals surface area contributed by atoms with Crippen LogP contribution in [0.4, 0.5) is 5.82 Å². The molecule has 5 atom stereocenters. The number of methoxy groups -OCH3 is 1. The van der Waals surface area contributed by atoms with Crippen LogP contribution in [0.25, 0.3) is 11.1 Å². The summed E-state index contributed by atoms with van der Waals surface area (Å²) in [4.78, 5) is 0. The van der Waals surface area contributed by atoms with Gasteiger partial charge in [-0.25, -0.2) is 0 Å². The molecule has 1 aliphatic rings. The number of aliphatic hydroxyl groups is 4. The molecule has 6 N–H and O–H groups in total. The number of benzene rings is 1. The molecule has 1 aromatic heterocycles. The van der Waals surface area contributed by atoms with E-state index in [1.807, 2.05) is 12.1 Å². The molecule has 11 heteroatoms. The molecule has 0 bridgehead atoms. The van der Waals surface area contributed by atoms with Gasteiger partial charge in [0.25, 0.3) is 0 Å². The van der Waals surface area contributed by atoms with Crippen molar-refractivity contribution in [1.29, 1.82) is 10.5 Å². The molecule has 162 valence electrons. The quantitative estimate of drug-likeness (QED) is 0.409. The summed E-state index contributed by atoms with van der Waals surface area (Å²) in [5.41, 5.74) is 6.76. The summed E-state index contributed by atoms with van der Waals surface area (Å²) in [6, 6.07) is 10.5. The van der Waals surface area contributed by atoms with E-state index in [1.54, 1.807) is 24.3 Å². The van der Waals surface area contributed by atoms with E-state index in [-0.39, 0.29) is 27.1 Å². The van der Waals surface area contributed by atoms with Crippen LogP contribution in [0.2, 0.25) is 0 Å². The van der Waals surface area contributed by atoms with E-state index in [0.717, 1.165) is 4.57 Å². The highest BCUT2D eigenvalue weighted by Crippen LogP contribution is 2.37. The lowest BCUT2D eigenvalue weighted by Crippen LogP contribution is -2.56. The number of aromatic nitrogens is 1. The molecule has 1 aliphatic heterocycles. The minimum atomic E-state index is -1.70. The topological polar surface area (TPSA) is 178 Å². The van der Waals surface area contributed by atoms with Gasteiger partial charge in [0, 0.05) is 5.56 Å². The average Bonchev–Trinajstić information content (AvgIpc) is 2.78. The van der Waals surface area contributed by atoms with E-state index in [1.165, 1.54) is 7.11 Å². The third-order valence-corrected chi connectivity index (χ3v) is 5.57. The number of nitrogens with two attached hydrogens (primary N) is 1. The van der Waals surface area contributed by atoms with Crippen molar-refractivity contribution in [3.05, 3.63) is 40.0 Å². The molecule has 2 heterocycles. The van der Waals surface area contributed by atoms with Gasteiger partial charge in [-0.15, -0.1) is 0 Å². The maximum absolute atomic E-state index is 10.5. The Kier molecular flexibility index (Phi) is 6.57. The molecular weight excluding hydrogens is 424 g/mol. The predicted octanol–water partition coefficient (Wildman–Crippen LogP) is 0.191. The van der Waals surface area contributed by atoms with Crippen LogP contribution in [0.15, 0.2) is 24.3 Å². The van der Waals surface area contributed by atoms with Crippen LogP contribution in [-0.4, -0.2) is 63.1 Å². The number of ether oxygens (including phenoxy) is 2. The molecule has 31 heavy (non-hydrogen) atoms. The zero-order valence-corrected chi connectivity index (χ0v) is 17.2. The monoisotopic (exact) mass is 444 g/mol. The first-order valence-electron chi connectivity index (χ1n) is 9.13. The second-order valence-corrected chi connectivity index (χ2v) is 7.24. The van der Waals surface area contributed by atoms with E-state index in [2.05, 4.69) is 0 Å². The van der Waals surface area contributed by atoms with Crippen molar-refractivity contribution < 1.29 is 29.9 Å². The van der Waals surface area contributed by atoms with Gasteiger partial charge in [-0.2, -0.15) is 10.5 Å². The third kappa shape index (κ3) is 3.75. The lowest BCUT2D eigenvalue weighted by atomic mass is 9.95. The van der Waals surface area contributed by atoms with Crippen LogP contribution in [0.5, 0.6) is 5.75 Å². The van der Waals surface area contributed by atoms with Crippen LogP contribution in [0.1, 0.15) is 17.4 Å². The number of aliphatic hydroxyl groups excluding tert-OH is 4. The van der Waals surface area contributed by atoms with E-state index in [4.69, 9.17) is 27.4 Å². The summed E-state index contributed by atoms with van der Waals surface area (Å²) in [5.74, 6) is 0.362. The minimum absolute atomic E-state index is 0.0668. The fourth-order valence-electron chi connectivity index (χ4n) is 3.52. The van der Waals surface area contributed by atoms with Gasteiger partial charge in [0.1, 0.15) is 58.3 Å². The summed E-state index contributed by atoms with van der Waals surface area (Å²) < 4.78 is 11.6. The normalized spacial score (nSPS) is 25.5. The number of hydrogen-bond donors (Lipinski definition) is 5. The van der Waals surface area contributed by atoms with Crippen molar-refractivity contribution in [2.45, 2.75) is 30.6 Å². The summed E-state index contributed by atoms with van der Waals surface area (Å²) >= 11 is 5.43. The fraction of sp³-hybridized carbons (Fsp3) is 0.350. The Morgan fingerprint density at radius 2 is 1.71 bits per heavy atom. The van der Waals surface area contributed by atoms with Crippen LogP contribution in [0, 0.1) is 27.3 Å². The summed E-state index contributed by atoms with van der Waals surface area (Å²) in [5, 5.41) is 59.7. The summed E-state index contributed by atoms with van der Waals surface area (Å²) in [6.07, 6.45) is -7.64. The lowest BCUT2D eigenvalue weighted by molar-refractivity contribution is -0.251. The van der Waals surface area contributed by atoms with Crippen molar-refractivity contribution in [3.63, 3.8) is 0 Å². The Balaban J connectivity index is 2.26. The second-order valence-electron chi connectivity index (χ2n) is 6.86. The van der Waals surface area contributed by atoms with Crippen molar-refractivity contribution in [2.75, 3.05) is 19.5 Å². The number of rotatable bonds is 4. The zero-order valence-electron chi connectivity index (χ0n) is 16.3.